The fourth-order valence-electron chi connectivity index (χ4n) is 1.24. The van der Waals surface area contributed by atoms with Crippen molar-refractivity contribution in [2.45, 2.75) is 37.1 Å². The molecule has 88 valence electrons. The molecule has 0 atom stereocenters. The number of carbonyl (C=O) groups excluding carboxylic acids is 1. The molecule has 0 fully saturated rings. The van der Waals surface area contributed by atoms with Crippen molar-refractivity contribution in [1.82, 2.24) is 0 Å². The van der Waals surface area contributed by atoms with Gasteiger partial charge in [0, 0.05) is 0 Å². The van der Waals surface area contributed by atoms with E-state index in [2.05, 4.69) is 6.58 Å². The zero-order valence-electron chi connectivity index (χ0n) is 9.96. The first-order valence-electron chi connectivity index (χ1n) is 5.24. The van der Waals surface area contributed by atoms with Gasteiger partial charge in [-0.3, -0.25) is 0 Å². The van der Waals surface area contributed by atoms with Crippen LogP contribution in [-0.2, 0) is 30.8 Å². The van der Waals surface area contributed by atoms with Gasteiger partial charge in [0.15, 0.2) is 0 Å². The first-order valence-corrected chi connectivity index (χ1v) is 9.36. The van der Waals surface area contributed by atoms with Crippen LogP contribution in [0.25, 0.3) is 0 Å². The van der Waals surface area contributed by atoms with Gasteiger partial charge in [0.1, 0.15) is 0 Å². The Hall–Kier alpha value is -0.316. The molecular formula is C10H20O4Ti. The van der Waals surface area contributed by atoms with E-state index in [0.29, 0.717) is 0 Å². The third-order valence-electron chi connectivity index (χ3n) is 2.50. The summed E-state index contributed by atoms with van der Waals surface area (Å²) in [7, 11) is 0. The van der Waals surface area contributed by atoms with Crippen molar-refractivity contribution in [2.24, 2.45) is 0 Å². The Balaban J connectivity index is 5.04. The van der Waals surface area contributed by atoms with Crippen molar-refractivity contribution in [1.29, 1.82) is 0 Å². The van der Waals surface area contributed by atoms with E-state index in [-0.39, 0.29) is 21.6 Å². The van der Waals surface area contributed by atoms with E-state index in [1.807, 2.05) is 0 Å². The minimum absolute atomic E-state index is 0.239. The molecular weight excluding hydrogens is 232 g/mol. The zero-order chi connectivity index (χ0) is 12.1. The second-order valence-corrected chi connectivity index (χ2v) is 10.9. The quantitative estimate of drug-likeness (QED) is 0.538. The molecule has 0 heterocycles. The molecule has 0 rings (SSSR count). The predicted octanol–water partition coefficient (Wildman–Crippen LogP) is 2.88. The molecule has 0 aliphatic heterocycles. The molecule has 0 aromatic heterocycles. The van der Waals surface area contributed by atoms with Gasteiger partial charge < -0.3 is 0 Å². The third kappa shape index (κ3) is 3.63. The Bertz CT molecular complexity index is 311. The molecule has 0 saturated heterocycles. The van der Waals surface area contributed by atoms with Crippen molar-refractivity contribution in [3.63, 3.8) is 0 Å². The van der Waals surface area contributed by atoms with Crippen LogP contribution < -0.4 is 0 Å². The van der Waals surface area contributed by atoms with Gasteiger partial charge >= 0.3 is 92.7 Å². The fourth-order valence-corrected chi connectivity index (χ4v) is 5.13. The standard InChI is InChI=1S/C4H6O2.C2H5O.2C2H5.O.Ti/c1-3(2)4(5)6;1-2-3;2*1-2;;/h1H2,2H3,(H,5,6);2H2,1H3;2*1H2,2H3;;/q;-1;;;;+2/p-1. The number of hydrogen-bond donors (Lipinski definition) is 0. The monoisotopic (exact) mass is 252 g/mol. The van der Waals surface area contributed by atoms with E-state index in [9.17, 15) is 8.12 Å². The molecule has 0 aliphatic rings. The summed E-state index contributed by atoms with van der Waals surface area (Å²) in [5.41, 5.74) is 0.239. The number of carbonyl (C=O) groups is 1. The summed E-state index contributed by atoms with van der Waals surface area (Å²) < 4.78 is 23.5. The molecule has 0 radical (unpaired) electrons. The van der Waals surface area contributed by atoms with Crippen molar-refractivity contribution in [3.8, 4) is 0 Å². The first-order chi connectivity index (χ1) is 6.81. The predicted molar refractivity (Wildman–Crippen MR) is 54.2 cm³/mol. The summed E-state index contributed by atoms with van der Waals surface area (Å²) >= 11 is -4.73. The Morgan fingerprint density at radius 3 is 2.00 bits per heavy atom. The average Bonchev–Trinajstić information content (AvgIpc) is 2.18. The van der Waals surface area contributed by atoms with Gasteiger partial charge in [-0.15, -0.1) is 0 Å². The van der Waals surface area contributed by atoms with Gasteiger partial charge in [0.25, 0.3) is 0 Å². The average molecular weight is 252 g/mol. The molecule has 0 saturated carbocycles. The molecule has 0 amide bonds. The second kappa shape index (κ2) is 5.15. The van der Waals surface area contributed by atoms with Crippen LogP contribution in [0.3, 0.4) is 0 Å². The van der Waals surface area contributed by atoms with Crippen LogP contribution in [0, 0.1) is 0 Å². The SMILES string of the molecule is C=C(C)C(=O)[O][Ti](=[O])([CH2]C)([CH2]C)[O]CC. The Kier molecular flexibility index (Phi) is 5.04. The van der Waals surface area contributed by atoms with Crippen LogP contribution in [0.4, 0.5) is 0 Å². The second-order valence-electron chi connectivity index (χ2n) is 3.68. The molecule has 0 spiro atoms. The van der Waals surface area contributed by atoms with Crippen LogP contribution >= 0.6 is 0 Å². The maximum absolute atomic E-state index is 12.6. The molecule has 0 aliphatic carbocycles. The summed E-state index contributed by atoms with van der Waals surface area (Å²) in [6, 6.07) is 0. The van der Waals surface area contributed by atoms with E-state index in [1.54, 1.807) is 20.8 Å². The Labute approximate surface area is 92.8 Å². The molecule has 5 heteroatoms. The van der Waals surface area contributed by atoms with E-state index < -0.39 is 22.0 Å². The topological polar surface area (TPSA) is 52.6 Å². The molecule has 0 unspecified atom stereocenters. The van der Waals surface area contributed by atoms with E-state index >= 15 is 0 Å². The van der Waals surface area contributed by atoms with Gasteiger partial charge in [0.2, 0.25) is 0 Å². The van der Waals surface area contributed by atoms with Crippen molar-refractivity contribution < 1.29 is 30.8 Å². The van der Waals surface area contributed by atoms with Gasteiger partial charge in [-0.05, 0) is 0 Å². The fraction of sp³-hybridized carbons (Fsp3) is 0.700. The molecule has 15 heavy (non-hydrogen) atoms. The number of hydrogen-bond acceptors (Lipinski definition) is 4. The van der Waals surface area contributed by atoms with Crippen molar-refractivity contribution in [2.75, 3.05) is 6.61 Å². The molecule has 0 bridgehead atoms. The van der Waals surface area contributed by atoms with Gasteiger partial charge in [-0.2, -0.15) is 0 Å². The summed E-state index contributed by atoms with van der Waals surface area (Å²) in [5.74, 6) is -0.626. The van der Waals surface area contributed by atoms with Crippen molar-refractivity contribution >= 4 is 5.97 Å². The van der Waals surface area contributed by atoms with Gasteiger partial charge in [-0.1, -0.05) is 0 Å². The van der Waals surface area contributed by atoms with Gasteiger partial charge in [-0.25, -0.2) is 0 Å². The molecule has 0 aromatic carbocycles. The summed E-state index contributed by atoms with van der Waals surface area (Å²) in [6.07, 6.45) is 0. The van der Waals surface area contributed by atoms with Crippen LogP contribution in [0.1, 0.15) is 27.7 Å². The Morgan fingerprint density at radius 2 is 1.73 bits per heavy atom. The third-order valence-corrected chi connectivity index (χ3v) is 9.22. The summed E-state index contributed by atoms with van der Waals surface area (Å²) in [6.45, 7) is 10.4. The van der Waals surface area contributed by atoms with E-state index in [0.717, 1.165) is 0 Å². The van der Waals surface area contributed by atoms with Crippen LogP contribution in [0.5, 0.6) is 0 Å². The molecule has 0 aromatic rings. The maximum atomic E-state index is 12.6. The minimum atomic E-state index is -4.73. The molecule has 4 nitrogen and oxygen atoms in total. The molecule has 0 N–H and O–H groups in total. The van der Waals surface area contributed by atoms with Crippen LogP contribution in [-0.4, -0.2) is 12.6 Å². The summed E-state index contributed by atoms with van der Waals surface area (Å²) in [5, 5.41) is 0. The van der Waals surface area contributed by atoms with Gasteiger partial charge in [0.05, 0.1) is 0 Å². The first kappa shape index (κ1) is 14.7. The van der Waals surface area contributed by atoms with Crippen molar-refractivity contribution in [3.05, 3.63) is 12.2 Å². The zero-order valence-corrected chi connectivity index (χ0v) is 11.5. The van der Waals surface area contributed by atoms with E-state index in [4.69, 9.17) is 6.64 Å². The normalized spacial score (nSPS) is 12.3. The van der Waals surface area contributed by atoms with Crippen LogP contribution in [0.2, 0.25) is 9.45 Å². The number of rotatable bonds is 6. The van der Waals surface area contributed by atoms with E-state index in [1.165, 1.54) is 6.92 Å². The van der Waals surface area contributed by atoms with Crippen LogP contribution in [0.15, 0.2) is 12.2 Å². The Morgan fingerprint density at radius 1 is 1.27 bits per heavy atom. The summed E-state index contributed by atoms with van der Waals surface area (Å²) in [4.78, 5) is 11.4.